The number of carbonyl (C=O) groups is 2. The first-order valence-electron chi connectivity index (χ1n) is 8.97. The molecule has 0 saturated heterocycles. The molecule has 0 bridgehead atoms. The van der Waals surface area contributed by atoms with Crippen molar-refractivity contribution in [3.05, 3.63) is 90.3 Å². The van der Waals surface area contributed by atoms with E-state index in [1.54, 1.807) is 36.0 Å². The molecule has 1 heterocycles. The monoisotopic (exact) mass is 360 g/mol. The van der Waals surface area contributed by atoms with Gasteiger partial charge in [-0.15, -0.1) is 0 Å². The zero-order valence-corrected chi connectivity index (χ0v) is 15.5. The number of nitrogens with zero attached hydrogens (tertiary/aromatic N) is 1. The average molecular weight is 360 g/mol. The van der Waals surface area contributed by atoms with Crippen molar-refractivity contribution in [2.45, 2.75) is 19.9 Å². The van der Waals surface area contributed by atoms with E-state index in [1.165, 1.54) is 0 Å². The van der Waals surface area contributed by atoms with Crippen molar-refractivity contribution in [2.75, 3.05) is 6.61 Å². The van der Waals surface area contributed by atoms with Crippen LogP contribution in [0.4, 0.5) is 0 Å². The Balaban J connectivity index is 1.79. The van der Waals surface area contributed by atoms with Gasteiger partial charge in [0.05, 0.1) is 6.61 Å². The first-order chi connectivity index (χ1) is 13.1. The number of esters is 1. The third-order valence-electron chi connectivity index (χ3n) is 4.44. The molecule has 0 unspecified atom stereocenters. The van der Waals surface area contributed by atoms with Crippen LogP contribution >= 0.6 is 0 Å². The number of benzene rings is 2. The summed E-state index contributed by atoms with van der Waals surface area (Å²) in [7, 11) is 0. The molecule has 4 heteroatoms. The van der Waals surface area contributed by atoms with E-state index in [0.29, 0.717) is 17.7 Å². The highest BCUT2D eigenvalue weighted by Crippen LogP contribution is 2.20. The molecule has 4 nitrogen and oxygen atoms in total. The minimum Gasteiger partial charge on any atom is -0.462 e. The molecule has 0 aliphatic heterocycles. The third kappa shape index (κ3) is 4.29. The molecule has 0 fully saturated rings. The second-order valence-electron chi connectivity index (χ2n) is 6.24. The maximum atomic E-state index is 12.9. The number of ketones is 1. The van der Waals surface area contributed by atoms with Crippen LogP contribution in [-0.2, 0) is 4.74 Å². The van der Waals surface area contributed by atoms with Crippen LogP contribution in [0.15, 0.2) is 79.1 Å². The van der Waals surface area contributed by atoms with Gasteiger partial charge in [0, 0.05) is 18.6 Å². The fourth-order valence-electron chi connectivity index (χ4n) is 2.90. The minimum atomic E-state index is -0.429. The molecule has 0 spiro atoms. The van der Waals surface area contributed by atoms with E-state index in [9.17, 15) is 9.59 Å². The fourth-order valence-corrected chi connectivity index (χ4v) is 2.90. The summed E-state index contributed by atoms with van der Waals surface area (Å²) in [6, 6.07) is 20.6. The molecule has 27 heavy (non-hydrogen) atoms. The maximum Gasteiger partial charge on any atom is 0.344 e. The van der Waals surface area contributed by atoms with E-state index < -0.39 is 12.0 Å². The fraction of sp³-hybridized carbons (Fsp3) is 0.174. The Kier molecular flexibility index (Phi) is 5.77. The van der Waals surface area contributed by atoms with Gasteiger partial charge in [0.25, 0.3) is 0 Å². The molecule has 0 aliphatic rings. The molecular weight excluding hydrogens is 338 g/mol. The van der Waals surface area contributed by atoms with Crippen molar-refractivity contribution in [3.8, 4) is 11.1 Å². The molecule has 2 aromatic carbocycles. The molecule has 1 atom stereocenters. The normalized spacial score (nSPS) is 11.6. The second kappa shape index (κ2) is 8.41. The molecular formula is C23H22NO3+. The van der Waals surface area contributed by atoms with Gasteiger partial charge < -0.3 is 4.74 Å². The molecule has 0 N–H and O–H groups in total. The lowest BCUT2D eigenvalue weighted by Crippen LogP contribution is -2.42. The summed E-state index contributed by atoms with van der Waals surface area (Å²) in [6.45, 7) is 3.90. The van der Waals surface area contributed by atoms with E-state index in [1.807, 2.05) is 61.5 Å². The van der Waals surface area contributed by atoms with Crippen molar-refractivity contribution < 1.29 is 18.9 Å². The van der Waals surface area contributed by atoms with Crippen molar-refractivity contribution in [2.24, 2.45) is 0 Å². The first kappa shape index (κ1) is 18.5. The molecule has 0 saturated carbocycles. The highest BCUT2D eigenvalue weighted by Gasteiger charge is 2.24. The van der Waals surface area contributed by atoms with Gasteiger partial charge in [-0.1, -0.05) is 54.6 Å². The second-order valence-corrected chi connectivity index (χ2v) is 6.24. The van der Waals surface area contributed by atoms with Gasteiger partial charge in [0.1, 0.15) is 5.56 Å². The zero-order valence-electron chi connectivity index (χ0n) is 15.5. The number of aromatic nitrogens is 1. The molecule has 0 radical (unpaired) electrons. The quantitative estimate of drug-likeness (QED) is 0.375. The number of hydrogen-bond acceptors (Lipinski definition) is 3. The topological polar surface area (TPSA) is 47.2 Å². The molecule has 3 aromatic rings. The molecule has 1 aromatic heterocycles. The predicted molar refractivity (Wildman–Crippen MR) is 104 cm³/mol. The Morgan fingerprint density at radius 3 is 2.22 bits per heavy atom. The van der Waals surface area contributed by atoms with Gasteiger partial charge >= 0.3 is 5.97 Å². The number of ether oxygens (including phenoxy) is 1. The summed E-state index contributed by atoms with van der Waals surface area (Å²) >= 11 is 0. The van der Waals surface area contributed by atoms with Crippen molar-refractivity contribution >= 4 is 11.8 Å². The molecule has 0 aliphatic carbocycles. The summed E-state index contributed by atoms with van der Waals surface area (Å²) in [6.07, 6.45) is 3.43. The zero-order chi connectivity index (χ0) is 19.2. The summed E-state index contributed by atoms with van der Waals surface area (Å²) in [5, 5.41) is 0. The molecule has 3 rings (SSSR count). The van der Waals surface area contributed by atoms with E-state index in [-0.39, 0.29) is 5.78 Å². The van der Waals surface area contributed by atoms with E-state index in [2.05, 4.69) is 0 Å². The first-order valence-corrected chi connectivity index (χ1v) is 8.97. The standard InChI is InChI=1S/C23H22NO3/c1-3-27-23(26)21-10-7-15-24(16-21)17(2)22(25)20-13-11-19(12-14-20)18-8-5-4-6-9-18/h4-17H,3H2,1-2H3/q+1/t17-/m1/s1. The van der Waals surface area contributed by atoms with Gasteiger partial charge in [-0.3, -0.25) is 4.79 Å². The van der Waals surface area contributed by atoms with Gasteiger partial charge in [-0.2, -0.15) is 4.57 Å². The number of rotatable bonds is 6. The average Bonchev–Trinajstić information content (AvgIpc) is 2.73. The lowest BCUT2D eigenvalue weighted by Gasteiger charge is -2.08. The summed E-state index contributed by atoms with van der Waals surface area (Å²) in [4.78, 5) is 24.8. The van der Waals surface area contributed by atoms with E-state index in [0.717, 1.165) is 11.1 Å². The van der Waals surface area contributed by atoms with Crippen LogP contribution in [0.2, 0.25) is 0 Å². The Morgan fingerprint density at radius 1 is 0.889 bits per heavy atom. The van der Waals surface area contributed by atoms with Crippen LogP contribution in [0.5, 0.6) is 0 Å². The Labute approximate surface area is 159 Å². The summed E-state index contributed by atoms with van der Waals surface area (Å²) in [5.74, 6) is -0.403. The lowest BCUT2D eigenvalue weighted by atomic mass is 10.00. The van der Waals surface area contributed by atoms with Gasteiger partial charge in [0.15, 0.2) is 12.4 Å². The van der Waals surface area contributed by atoms with Crippen molar-refractivity contribution in [3.63, 3.8) is 0 Å². The predicted octanol–water partition coefficient (Wildman–Crippen LogP) is 4.26. The molecule has 136 valence electrons. The Hall–Kier alpha value is -3.27. The van der Waals surface area contributed by atoms with E-state index >= 15 is 0 Å². The van der Waals surface area contributed by atoms with Crippen molar-refractivity contribution in [1.82, 2.24) is 0 Å². The smallest absolute Gasteiger partial charge is 0.344 e. The van der Waals surface area contributed by atoms with Gasteiger partial charge in [-0.05, 0) is 24.1 Å². The number of hydrogen-bond donors (Lipinski definition) is 0. The summed E-state index contributed by atoms with van der Waals surface area (Å²) in [5.41, 5.74) is 3.24. The van der Waals surface area contributed by atoms with Crippen LogP contribution in [0.3, 0.4) is 0 Å². The minimum absolute atomic E-state index is 0.0133. The largest absolute Gasteiger partial charge is 0.462 e. The van der Waals surface area contributed by atoms with Crippen molar-refractivity contribution in [1.29, 1.82) is 0 Å². The van der Waals surface area contributed by atoms with Crippen LogP contribution < -0.4 is 4.57 Å². The maximum absolute atomic E-state index is 12.9. The highest BCUT2D eigenvalue weighted by molar-refractivity contribution is 5.98. The lowest BCUT2D eigenvalue weighted by molar-refractivity contribution is -0.704. The van der Waals surface area contributed by atoms with Gasteiger partial charge in [0.2, 0.25) is 11.8 Å². The number of carbonyl (C=O) groups excluding carboxylic acids is 2. The highest BCUT2D eigenvalue weighted by atomic mass is 16.5. The van der Waals surface area contributed by atoms with Crippen LogP contribution in [0.25, 0.3) is 11.1 Å². The van der Waals surface area contributed by atoms with E-state index in [4.69, 9.17) is 4.74 Å². The Bertz CT molecular complexity index is 933. The van der Waals surface area contributed by atoms with Crippen LogP contribution in [0.1, 0.15) is 40.6 Å². The number of pyridine rings is 1. The number of Topliss-reactive ketones (excluding diaryl/α,β-unsaturated/α-hetero) is 1. The third-order valence-corrected chi connectivity index (χ3v) is 4.44. The van der Waals surface area contributed by atoms with Gasteiger partial charge in [-0.25, -0.2) is 4.79 Å². The van der Waals surface area contributed by atoms with Crippen LogP contribution in [0, 0.1) is 0 Å². The molecule has 0 amide bonds. The van der Waals surface area contributed by atoms with Crippen LogP contribution in [-0.4, -0.2) is 18.4 Å². The Morgan fingerprint density at radius 2 is 1.56 bits per heavy atom. The summed E-state index contributed by atoms with van der Waals surface area (Å²) < 4.78 is 6.76. The SMILES string of the molecule is CCOC(=O)c1ccc[n+]([C@H](C)C(=O)c2ccc(-c3ccccc3)cc2)c1.